The first-order chi connectivity index (χ1) is 14.4. The van der Waals surface area contributed by atoms with Gasteiger partial charge < -0.3 is 19.9 Å². The van der Waals surface area contributed by atoms with Gasteiger partial charge in [0, 0.05) is 25.1 Å². The molecule has 1 aromatic heterocycles. The number of hydrogen-bond acceptors (Lipinski definition) is 5. The molecule has 2 aromatic rings. The smallest absolute Gasteiger partial charge is 0.406 e. The lowest BCUT2D eigenvalue weighted by molar-refractivity contribution is -0.133. The van der Waals surface area contributed by atoms with Crippen LogP contribution in [0.3, 0.4) is 0 Å². The first-order valence-corrected chi connectivity index (χ1v) is 10.2. The van der Waals surface area contributed by atoms with Gasteiger partial charge >= 0.3 is 6.09 Å². The van der Waals surface area contributed by atoms with Gasteiger partial charge in [-0.25, -0.2) is 9.78 Å². The van der Waals surface area contributed by atoms with Gasteiger partial charge in [-0.15, -0.1) is 0 Å². The maximum Gasteiger partial charge on any atom is 0.406 e. The van der Waals surface area contributed by atoms with Crippen molar-refractivity contribution >= 4 is 23.6 Å². The van der Waals surface area contributed by atoms with Crippen molar-refractivity contribution in [3.63, 3.8) is 0 Å². The highest BCUT2D eigenvalue weighted by molar-refractivity contribution is 6.31. The zero-order valence-electron chi connectivity index (χ0n) is 16.9. The number of likely N-dealkylation sites (tertiary alicyclic amines) is 1. The highest BCUT2D eigenvalue weighted by Crippen LogP contribution is 2.33. The molecule has 1 fully saturated rings. The molecule has 2 atom stereocenters. The third-order valence-electron chi connectivity index (χ3n) is 5.19. The molecule has 2 unspecified atom stereocenters. The number of carbonyl (C=O) groups is 2. The third kappa shape index (κ3) is 4.92. The van der Waals surface area contributed by atoms with Crippen molar-refractivity contribution < 1.29 is 14.3 Å². The van der Waals surface area contributed by atoms with E-state index in [1.165, 1.54) is 7.11 Å². The molecule has 158 valence electrons. The number of benzene rings is 1. The molecule has 1 aromatic carbocycles. The molecule has 9 heteroatoms. The first-order valence-electron chi connectivity index (χ1n) is 9.79. The number of nitriles is 1. The Morgan fingerprint density at radius 3 is 3.03 bits per heavy atom. The van der Waals surface area contributed by atoms with Crippen LogP contribution in [0.2, 0.25) is 5.02 Å². The van der Waals surface area contributed by atoms with Crippen molar-refractivity contribution in [1.82, 2.24) is 20.2 Å². The van der Waals surface area contributed by atoms with Gasteiger partial charge in [0.05, 0.1) is 35.6 Å². The molecular formula is C21H24ClN5O3. The van der Waals surface area contributed by atoms with Crippen molar-refractivity contribution in [2.45, 2.75) is 32.2 Å². The highest BCUT2D eigenvalue weighted by Gasteiger charge is 2.32. The number of methoxy groups -OCH3 is 1. The van der Waals surface area contributed by atoms with Gasteiger partial charge in [0.15, 0.2) is 0 Å². The van der Waals surface area contributed by atoms with Crippen molar-refractivity contribution in [2.75, 3.05) is 20.2 Å². The zero-order valence-corrected chi connectivity index (χ0v) is 17.7. The molecule has 0 bridgehead atoms. The van der Waals surface area contributed by atoms with Gasteiger partial charge in [0.1, 0.15) is 11.9 Å². The van der Waals surface area contributed by atoms with Crippen LogP contribution in [0.1, 0.15) is 43.6 Å². The molecule has 0 aliphatic carbocycles. The molecule has 2 heterocycles. The fraction of sp³-hybridized carbons (Fsp3) is 0.429. The summed E-state index contributed by atoms with van der Waals surface area (Å²) >= 11 is 6.01. The molecule has 3 rings (SSSR count). The largest absolute Gasteiger partial charge is 0.453 e. The number of rotatable bonds is 6. The summed E-state index contributed by atoms with van der Waals surface area (Å²) in [5.41, 5.74) is 1.98. The van der Waals surface area contributed by atoms with E-state index in [4.69, 9.17) is 11.6 Å². The van der Waals surface area contributed by atoms with Crippen molar-refractivity contribution in [3.05, 3.63) is 40.8 Å². The molecule has 2 N–H and O–H groups in total. The number of amides is 2. The van der Waals surface area contributed by atoms with E-state index in [2.05, 4.69) is 26.1 Å². The number of imidazole rings is 1. The van der Waals surface area contributed by atoms with Crippen LogP contribution in [0.15, 0.2) is 24.4 Å². The monoisotopic (exact) mass is 429 g/mol. The minimum Gasteiger partial charge on any atom is -0.453 e. The number of alkyl carbamates (subject to hydrolysis) is 1. The van der Waals surface area contributed by atoms with Crippen LogP contribution in [-0.2, 0) is 9.53 Å². The van der Waals surface area contributed by atoms with Crippen LogP contribution in [0.5, 0.6) is 0 Å². The van der Waals surface area contributed by atoms with E-state index >= 15 is 0 Å². The van der Waals surface area contributed by atoms with Crippen molar-refractivity contribution in [1.29, 1.82) is 5.26 Å². The molecule has 30 heavy (non-hydrogen) atoms. The average Bonchev–Trinajstić information content (AvgIpc) is 3.41. The summed E-state index contributed by atoms with van der Waals surface area (Å²) in [6.45, 7) is 2.97. The molecule has 2 amide bonds. The van der Waals surface area contributed by atoms with Gasteiger partial charge in [0.2, 0.25) is 5.91 Å². The number of carbonyl (C=O) groups excluding carboxylic acids is 2. The number of nitrogens with one attached hydrogen (secondary N) is 2. The second kappa shape index (κ2) is 9.63. The lowest BCUT2D eigenvalue weighted by Gasteiger charge is -2.25. The summed E-state index contributed by atoms with van der Waals surface area (Å²) in [6, 6.07) is 7.19. The molecule has 1 saturated heterocycles. The number of aromatic amines is 1. The van der Waals surface area contributed by atoms with E-state index in [0.29, 0.717) is 30.1 Å². The lowest BCUT2D eigenvalue weighted by Crippen LogP contribution is -2.35. The zero-order chi connectivity index (χ0) is 21.7. The average molecular weight is 430 g/mol. The van der Waals surface area contributed by atoms with Crippen LogP contribution in [0, 0.1) is 17.2 Å². The van der Waals surface area contributed by atoms with E-state index < -0.39 is 6.09 Å². The van der Waals surface area contributed by atoms with E-state index in [1.807, 2.05) is 17.9 Å². The third-order valence-corrected chi connectivity index (χ3v) is 5.51. The molecule has 1 aliphatic heterocycles. The number of aromatic nitrogens is 2. The fourth-order valence-electron chi connectivity index (χ4n) is 3.60. The lowest BCUT2D eigenvalue weighted by atomic mass is 10.1. The molecule has 1 aliphatic rings. The Hall–Kier alpha value is -3.05. The van der Waals surface area contributed by atoms with Crippen molar-refractivity contribution in [2.24, 2.45) is 5.92 Å². The predicted octanol–water partition coefficient (Wildman–Crippen LogP) is 3.65. The summed E-state index contributed by atoms with van der Waals surface area (Å²) in [5, 5.41) is 12.2. The van der Waals surface area contributed by atoms with Crippen LogP contribution >= 0.6 is 11.6 Å². The minimum atomic E-state index is -0.502. The van der Waals surface area contributed by atoms with Gasteiger partial charge in [0.25, 0.3) is 0 Å². The Morgan fingerprint density at radius 2 is 2.30 bits per heavy atom. The molecular weight excluding hydrogens is 406 g/mol. The van der Waals surface area contributed by atoms with Gasteiger partial charge in [-0.1, -0.05) is 24.6 Å². The standard InChI is InChI=1S/C21H24ClN5O3/c1-13(11-25-21(29)30-2)8-19(28)27-7-3-4-18(27)20-24-12-17(26-20)14-5-6-16(22)15(9-14)10-23/h5-6,9,12-13,18H,3-4,7-8,11H2,1-2H3,(H,24,26)(H,25,29). The van der Waals surface area contributed by atoms with E-state index in [1.54, 1.807) is 18.3 Å². The van der Waals surface area contributed by atoms with Crippen LogP contribution < -0.4 is 5.32 Å². The highest BCUT2D eigenvalue weighted by atomic mass is 35.5. The molecule has 0 spiro atoms. The Kier molecular flexibility index (Phi) is 6.95. The maximum atomic E-state index is 12.8. The Balaban J connectivity index is 1.68. The number of ether oxygens (including phenoxy) is 1. The summed E-state index contributed by atoms with van der Waals surface area (Å²) < 4.78 is 4.56. The fourth-order valence-corrected chi connectivity index (χ4v) is 3.76. The summed E-state index contributed by atoms with van der Waals surface area (Å²) in [7, 11) is 1.31. The maximum absolute atomic E-state index is 12.8. The Labute approximate surface area is 180 Å². The molecule has 0 saturated carbocycles. The summed E-state index contributed by atoms with van der Waals surface area (Å²) in [5.74, 6) is 0.751. The van der Waals surface area contributed by atoms with E-state index in [-0.39, 0.29) is 17.9 Å². The molecule has 8 nitrogen and oxygen atoms in total. The number of nitrogens with zero attached hydrogens (tertiary/aromatic N) is 3. The quantitative estimate of drug-likeness (QED) is 0.728. The van der Waals surface area contributed by atoms with Crippen LogP contribution in [0.4, 0.5) is 4.79 Å². The van der Waals surface area contributed by atoms with E-state index in [0.717, 1.165) is 29.9 Å². The van der Waals surface area contributed by atoms with Crippen LogP contribution in [-0.4, -0.2) is 47.1 Å². The second-order valence-corrected chi connectivity index (χ2v) is 7.82. The number of H-pyrrole nitrogens is 1. The van der Waals surface area contributed by atoms with E-state index in [9.17, 15) is 14.9 Å². The number of halogens is 1. The molecule has 0 radical (unpaired) electrons. The topological polar surface area (TPSA) is 111 Å². The normalized spacial score (nSPS) is 16.7. The second-order valence-electron chi connectivity index (χ2n) is 7.42. The van der Waals surface area contributed by atoms with Gasteiger partial charge in [-0.2, -0.15) is 5.26 Å². The number of hydrogen-bond donors (Lipinski definition) is 2. The van der Waals surface area contributed by atoms with Gasteiger partial charge in [-0.05, 0) is 30.9 Å². The Bertz CT molecular complexity index is 968. The van der Waals surface area contributed by atoms with Crippen molar-refractivity contribution in [3.8, 4) is 17.3 Å². The minimum absolute atomic E-state index is 0.0107. The van der Waals surface area contributed by atoms with Crippen LogP contribution in [0.25, 0.3) is 11.3 Å². The first kappa shape index (κ1) is 21.7. The Morgan fingerprint density at radius 1 is 1.50 bits per heavy atom. The summed E-state index contributed by atoms with van der Waals surface area (Å²) in [4.78, 5) is 33.7. The predicted molar refractivity (Wildman–Crippen MR) is 112 cm³/mol. The summed E-state index contributed by atoms with van der Waals surface area (Å²) in [6.07, 6.45) is 3.27. The van der Waals surface area contributed by atoms with Gasteiger partial charge in [-0.3, -0.25) is 4.79 Å². The SMILES string of the molecule is COC(=O)NCC(C)CC(=O)N1CCCC1c1ncc(-c2ccc(Cl)c(C#N)c2)[nH]1.